The van der Waals surface area contributed by atoms with Gasteiger partial charge in [-0.3, -0.25) is 0 Å². The van der Waals surface area contributed by atoms with E-state index >= 15 is 0 Å². The van der Waals surface area contributed by atoms with E-state index in [1.807, 2.05) is 66.7 Å². The molecule has 130 valence electrons. The highest BCUT2D eigenvalue weighted by molar-refractivity contribution is 6.22. The van der Waals surface area contributed by atoms with Gasteiger partial charge in [-0.1, -0.05) is 84.9 Å². The normalized spacial score (nSPS) is 19.7. The van der Waals surface area contributed by atoms with Crippen LogP contribution in [0.3, 0.4) is 0 Å². The van der Waals surface area contributed by atoms with Gasteiger partial charge in [-0.2, -0.15) is 0 Å². The van der Waals surface area contributed by atoms with E-state index in [4.69, 9.17) is 4.99 Å². The minimum Gasteiger partial charge on any atom is -0.378 e. The number of aliphatic hydroxyl groups is 1. The van der Waals surface area contributed by atoms with Gasteiger partial charge in [0.2, 0.25) is 0 Å². The van der Waals surface area contributed by atoms with E-state index in [0.717, 1.165) is 38.9 Å². The number of aliphatic imine (C=N–C) groups is 1. The molecule has 0 aliphatic heterocycles. The van der Waals surface area contributed by atoms with E-state index in [1.165, 1.54) is 0 Å². The first-order chi connectivity index (χ1) is 13.3. The predicted molar refractivity (Wildman–Crippen MR) is 111 cm³/mol. The van der Waals surface area contributed by atoms with Crippen LogP contribution in [-0.4, -0.2) is 10.8 Å². The van der Waals surface area contributed by atoms with Crippen LogP contribution in [0.5, 0.6) is 0 Å². The van der Waals surface area contributed by atoms with Gasteiger partial charge in [0.25, 0.3) is 0 Å². The number of para-hydroxylation sites is 1. The highest BCUT2D eigenvalue weighted by Gasteiger charge is 2.43. The minimum absolute atomic E-state index is 0.493. The Morgan fingerprint density at radius 3 is 2.11 bits per heavy atom. The van der Waals surface area contributed by atoms with Gasteiger partial charge in [0.1, 0.15) is 5.60 Å². The molecular weight excluding hydrogens is 330 g/mol. The van der Waals surface area contributed by atoms with Crippen molar-refractivity contribution in [1.29, 1.82) is 0 Å². The van der Waals surface area contributed by atoms with Crippen molar-refractivity contribution in [3.8, 4) is 0 Å². The molecule has 1 aliphatic carbocycles. The molecule has 0 amide bonds. The summed E-state index contributed by atoms with van der Waals surface area (Å²) in [5.41, 5.74) is 3.47. The van der Waals surface area contributed by atoms with E-state index in [-0.39, 0.29) is 0 Å². The van der Waals surface area contributed by atoms with Crippen molar-refractivity contribution in [3.05, 3.63) is 114 Å². The van der Waals surface area contributed by atoms with Gasteiger partial charge in [0.15, 0.2) is 0 Å². The zero-order valence-corrected chi connectivity index (χ0v) is 14.8. The molecular formula is C25H19NO. The lowest BCUT2D eigenvalue weighted by molar-refractivity contribution is 0.116. The third kappa shape index (κ3) is 2.57. The molecule has 2 nitrogen and oxygen atoms in total. The lowest BCUT2D eigenvalue weighted by atomic mass is 9.86. The number of hydrogen-bond donors (Lipinski definition) is 1. The zero-order valence-electron chi connectivity index (χ0n) is 14.8. The van der Waals surface area contributed by atoms with Crippen molar-refractivity contribution in [1.82, 2.24) is 0 Å². The van der Waals surface area contributed by atoms with E-state index in [1.54, 1.807) is 0 Å². The maximum absolute atomic E-state index is 12.0. The van der Waals surface area contributed by atoms with Crippen LogP contribution in [0.2, 0.25) is 0 Å². The second kappa shape index (κ2) is 6.19. The average Bonchev–Trinajstić information content (AvgIpc) is 2.94. The van der Waals surface area contributed by atoms with Crippen molar-refractivity contribution >= 4 is 22.2 Å². The molecule has 0 saturated carbocycles. The van der Waals surface area contributed by atoms with Crippen LogP contribution in [-0.2, 0) is 12.0 Å². The molecule has 0 aromatic heterocycles. The fraction of sp³-hybridized carbons (Fsp3) is 0.0800. The lowest BCUT2D eigenvalue weighted by Crippen LogP contribution is -2.35. The molecule has 5 rings (SSSR count). The maximum atomic E-state index is 12.0. The van der Waals surface area contributed by atoms with Crippen LogP contribution < -0.4 is 0 Å². The summed E-state index contributed by atoms with van der Waals surface area (Å²) in [5, 5.41) is 14.2. The van der Waals surface area contributed by atoms with Gasteiger partial charge >= 0.3 is 0 Å². The zero-order chi connectivity index (χ0) is 18.3. The third-order valence-electron chi connectivity index (χ3n) is 5.30. The average molecular weight is 349 g/mol. The molecule has 27 heavy (non-hydrogen) atoms. The summed E-state index contributed by atoms with van der Waals surface area (Å²) < 4.78 is 0. The van der Waals surface area contributed by atoms with Gasteiger partial charge in [-0.25, -0.2) is 4.99 Å². The topological polar surface area (TPSA) is 32.6 Å². The summed E-state index contributed by atoms with van der Waals surface area (Å²) in [7, 11) is 0. The molecule has 0 radical (unpaired) electrons. The quantitative estimate of drug-likeness (QED) is 0.527. The number of hydrogen-bond acceptors (Lipinski definition) is 2. The summed E-state index contributed by atoms with van der Waals surface area (Å²) >= 11 is 0. The molecule has 1 unspecified atom stereocenters. The predicted octanol–water partition coefficient (Wildman–Crippen LogP) is 5.40. The summed E-state index contributed by atoms with van der Waals surface area (Å²) in [6.45, 7) is 0. The Hall–Kier alpha value is -3.23. The van der Waals surface area contributed by atoms with Crippen molar-refractivity contribution in [2.24, 2.45) is 4.99 Å². The Morgan fingerprint density at radius 2 is 1.37 bits per heavy atom. The number of benzene rings is 4. The van der Waals surface area contributed by atoms with E-state index in [9.17, 15) is 5.11 Å². The van der Waals surface area contributed by atoms with Crippen LogP contribution in [0.15, 0.2) is 102 Å². The molecule has 0 saturated heterocycles. The first-order valence-electron chi connectivity index (χ1n) is 9.19. The molecule has 4 aromatic carbocycles. The van der Waals surface area contributed by atoms with Crippen LogP contribution in [0, 0.1) is 0 Å². The first-order valence-corrected chi connectivity index (χ1v) is 9.19. The van der Waals surface area contributed by atoms with Gasteiger partial charge < -0.3 is 5.11 Å². The lowest BCUT2D eigenvalue weighted by Gasteiger charge is -2.26. The molecule has 1 aliphatic rings. The second-order valence-electron chi connectivity index (χ2n) is 7.03. The summed E-state index contributed by atoms with van der Waals surface area (Å²) in [6, 6.07) is 32.3. The Bertz CT molecular complexity index is 1140. The highest BCUT2D eigenvalue weighted by Crippen LogP contribution is 2.44. The van der Waals surface area contributed by atoms with Gasteiger partial charge in [-0.05, 0) is 34.0 Å². The monoisotopic (exact) mass is 349 g/mol. The SMILES string of the molecule is OC1(Cc2ccccc2)/C(=N/c2ccccc2)c2cccc3cccc1c23. The maximum Gasteiger partial charge on any atom is 0.137 e. The standard InChI is InChI=1S/C25H19NO/c27-25(17-18-9-3-1-4-10-18)22-16-8-12-19-11-7-15-21(23(19)22)24(25)26-20-13-5-2-6-14-20/h1-16,27H,17H2/b26-24+. The van der Waals surface area contributed by atoms with Crippen molar-refractivity contribution in [2.75, 3.05) is 0 Å². The Morgan fingerprint density at radius 1 is 0.704 bits per heavy atom. The smallest absolute Gasteiger partial charge is 0.137 e. The molecule has 0 spiro atoms. The fourth-order valence-electron chi connectivity index (χ4n) is 4.09. The van der Waals surface area contributed by atoms with Gasteiger partial charge in [0.05, 0.1) is 11.4 Å². The summed E-state index contributed by atoms with van der Waals surface area (Å²) in [4.78, 5) is 4.91. The second-order valence-corrected chi connectivity index (χ2v) is 7.03. The molecule has 1 N–H and O–H groups in total. The van der Waals surface area contributed by atoms with Crippen LogP contribution in [0.4, 0.5) is 5.69 Å². The fourth-order valence-corrected chi connectivity index (χ4v) is 4.09. The molecule has 0 heterocycles. The molecule has 0 bridgehead atoms. The van der Waals surface area contributed by atoms with Crippen LogP contribution >= 0.6 is 0 Å². The molecule has 0 fully saturated rings. The van der Waals surface area contributed by atoms with E-state index in [0.29, 0.717) is 6.42 Å². The Balaban J connectivity index is 1.76. The number of rotatable bonds is 3. The van der Waals surface area contributed by atoms with Crippen LogP contribution in [0.1, 0.15) is 16.7 Å². The summed E-state index contributed by atoms with van der Waals surface area (Å²) in [5.74, 6) is 0. The van der Waals surface area contributed by atoms with E-state index in [2.05, 4.69) is 30.3 Å². The Labute approximate surface area is 158 Å². The van der Waals surface area contributed by atoms with Gasteiger partial charge in [-0.15, -0.1) is 0 Å². The molecule has 4 aromatic rings. The minimum atomic E-state index is -1.15. The first kappa shape index (κ1) is 16.0. The van der Waals surface area contributed by atoms with Crippen molar-refractivity contribution in [3.63, 3.8) is 0 Å². The third-order valence-corrected chi connectivity index (χ3v) is 5.30. The highest BCUT2D eigenvalue weighted by atomic mass is 16.3. The van der Waals surface area contributed by atoms with E-state index < -0.39 is 5.60 Å². The van der Waals surface area contributed by atoms with Crippen LogP contribution in [0.25, 0.3) is 10.8 Å². The molecule has 2 heteroatoms. The van der Waals surface area contributed by atoms with Crippen molar-refractivity contribution in [2.45, 2.75) is 12.0 Å². The van der Waals surface area contributed by atoms with Gasteiger partial charge in [0, 0.05) is 12.0 Å². The number of nitrogens with zero attached hydrogens (tertiary/aromatic N) is 1. The largest absolute Gasteiger partial charge is 0.378 e. The summed E-state index contributed by atoms with van der Waals surface area (Å²) in [6.07, 6.45) is 0.493. The Kier molecular flexibility index (Phi) is 3.66. The molecule has 1 atom stereocenters. The van der Waals surface area contributed by atoms with Crippen molar-refractivity contribution < 1.29 is 5.11 Å².